The van der Waals surface area contributed by atoms with E-state index in [-0.39, 0.29) is 11.3 Å². The molecule has 1 amide bonds. The van der Waals surface area contributed by atoms with E-state index in [2.05, 4.69) is 19.2 Å². The summed E-state index contributed by atoms with van der Waals surface area (Å²) in [4.78, 5) is 13.1. The Morgan fingerprint density at radius 3 is 2.18 bits per heavy atom. The van der Waals surface area contributed by atoms with E-state index in [0.29, 0.717) is 15.9 Å². The average Bonchev–Trinajstić information content (AvgIpc) is 2.37. The number of nitrogens with one attached hydrogen (secondary N) is 1. The molecule has 4 fully saturated rings. The highest BCUT2D eigenvalue weighted by atomic mass is 35.5. The minimum absolute atomic E-state index is 0.150. The zero-order valence-corrected chi connectivity index (χ0v) is 14.2. The molecule has 2 nitrogen and oxygen atoms in total. The second-order valence-corrected chi connectivity index (χ2v) is 9.31. The molecule has 0 aromatic heterocycles. The molecule has 1 aromatic carbocycles. The van der Waals surface area contributed by atoms with Gasteiger partial charge in [-0.2, -0.15) is 0 Å². The van der Waals surface area contributed by atoms with E-state index >= 15 is 0 Å². The molecule has 0 spiro atoms. The van der Waals surface area contributed by atoms with Crippen molar-refractivity contribution in [2.45, 2.75) is 52.4 Å². The molecule has 3 heteroatoms. The van der Waals surface area contributed by atoms with Crippen LogP contribution in [0.1, 0.15) is 52.4 Å². The fourth-order valence-electron chi connectivity index (χ4n) is 6.50. The molecule has 0 radical (unpaired) electrons. The third-order valence-electron chi connectivity index (χ3n) is 6.21. The highest BCUT2D eigenvalue weighted by molar-refractivity contribution is 6.30. The second kappa shape index (κ2) is 4.50. The number of hydrogen-bond acceptors (Lipinski definition) is 1. The van der Waals surface area contributed by atoms with Gasteiger partial charge in [0.1, 0.15) is 0 Å². The average molecular weight is 318 g/mol. The number of hydrogen-bond donors (Lipinski definition) is 1. The largest absolute Gasteiger partial charge is 0.326 e. The highest BCUT2D eigenvalue weighted by Gasteiger charge is 2.62. The molecule has 0 heterocycles. The Bertz CT molecular complexity index is 605. The van der Waals surface area contributed by atoms with Gasteiger partial charge < -0.3 is 5.32 Å². The van der Waals surface area contributed by atoms with Gasteiger partial charge in [-0.1, -0.05) is 25.4 Å². The fourth-order valence-corrected chi connectivity index (χ4v) is 6.62. The number of anilines is 1. The Kier molecular flexibility index (Phi) is 2.98. The van der Waals surface area contributed by atoms with Gasteiger partial charge in [0.05, 0.1) is 5.41 Å². The zero-order chi connectivity index (χ0) is 15.6. The van der Waals surface area contributed by atoms with Crippen LogP contribution in [0.15, 0.2) is 24.3 Å². The lowest BCUT2D eigenvalue weighted by Gasteiger charge is -2.64. The molecular weight excluding hydrogens is 294 g/mol. The predicted molar refractivity (Wildman–Crippen MR) is 89.9 cm³/mol. The number of carbonyl (C=O) groups excluding carboxylic acids is 1. The molecule has 2 atom stereocenters. The Labute approximate surface area is 137 Å². The van der Waals surface area contributed by atoms with Crippen LogP contribution in [0.2, 0.25) is 5.02 Å². The molecule has 118 valence electrons. The van der Waals surface area contributed by atoms with E-state index in [0.717, 1.165) is 30.9 Å². The molecule has 4 saturated carbocycles. The van der Waals surface area contributed by atoms with E-state index in [1.54, 1.807) is 0 Å². The lowest BCUT2D eigenvalue weighted by atomic mass is 9.40. The van der Waals surface area contributed by atoms with Crippen molar-refractivity contribution in [1.29, 1.82) is 0 Å². The number of carbonyl (C=O) groups is 1. The van der Waals surface area contributed by atoms with E-state index in [1.165, 1.54) is 19.3 Å². The minimum Gasteiger partial charge on any atom is -0.326 e. The molecule has 22 heavy (non-hydrogen) atoms. The third kappa shape index (κ3) is 2.27. The Balaban J connectivity index is 1.61. The maximum absolute atomic E-state index is 13.1. The van der Waals surface area contributed by atoms with E-state index < -0.39 is 0 Å². The molecule has 0 saturated heterocycles. The van der Waals surface area contributed by atoms with Crippen molar-refractivity contribution in [1.82, 2.24) is 0 Å². The van der Waals surface area contributed by atoms with Gasteiger partial charge in [0.15, 0.2) is 0 Å². The van der Waals surface area contributed by atoms with Crippen LogP contribution in [0.4, 0.5) is 5.69 Å². The first-order valence-electron chi connectivity index (χ1n) is 8.37. The van der Waals surface area contributed by atoms with Crippen LogP contribution < -0.4 is 5.32 Å². The van der Waals surface area contributed by atoms with E-state index in [4.69, 9.17) is 11.6 Å². The topological polar surface area (TPSA) is 29.1 Å². The molecule has 4 aliphatic carbocycles. The standard InChI is InChI=1S/C19H24ClNO/c1-17-7-13-8-18(2,10-17)12-19(9-13,11-17)16(22)21-15-5-3-14(20)4-6-15/h3-6,13H,7-12H2,1-2H3,(H,21,22)/t13?,17-,18-,19?/m0/s1. The quantitative estimate of drug-likeness (QED) is 0.790. The van der Waals surface area contributed by atoms with Crippen molar-refractivity contribution in [2.75, 3.05) is 5.32 Å². The maximum Gasteiger partial charge on any atom is 0.230 e. The van der Waals surface area contributed by atoms with Crippen molar-refractivity contribution >= 4 is 23.2 Å². The molecule has 5 rings (SSSR count). The van der Waals surface area contributed by atoms with Crippen LogP contribution in [0, 0.1) is 22.2 Å². The van der Waals surface area contributed by atoms with Crippen LogP contribution >= 0.6 is 11.6 Å². The normalized spacial score (nSPS) is 42.4. The van der Waals surface area contributed by atoms with Gasteiger partial charge in [-0.3, -0.25) is 4.79 Å². The van der Waals surface area contributed by atoms with Crippen molar-refractivity contribution in [3.63, 3.8) is 0 Å². The van der Waals surface area contributed by atoms with Crippen LogP contribution in [0.25, 0.3) is 0 Å². The highest BCUT2D eigenvalue weighted by Crippen LogP contribution is 2.69. The summed E-state index contributed by atoms with van der Waals surface area (Å²) >= 11 is 5.93. The first-order valence-corrected chi connectivity index (χ1v) is 8.75. The summed E-state index contributed by atoms with van der Waals surface area (Å²) in [5, 5.41) is 3.86. The van der Waals surface area contributed by atoms with Gasteiger partial charge >= 0.3 is 0 Å². The number of halogens is 1. The Hall–Kier alpha value is -1.02. The van der Waals surface area contributed by atoms with Crippen molar-refractivity contribution < 1.29 is 4.79 Å². The summed E-state index contributed by atoms with van der Waals surface area (Å²) in [5.74, 6) is 0.971. The molecule has 4 bridgehead atoms. The van der Waals surface area contributed by atoms with E-state index in [1.807, 2.05) is 24.3 Å². The van der Waals surface area contributed by atoms with Crippen molar-refractivity contribution in [2.24, 2.45) is 22.2 Å². The molecular formula is C19H24ClNO. The Morgan fingerprint density at radius 2 is 1.64 bits per heavy atom. The molecule has 4 aliphatic rings. The number of benzene rings is 1. The molecule has 0 aliphatic heterocycles. The lowest BCUT2D eigenvalue weighted by molar-refractivity contribution is -0.165. The third-order valence-corrected chi connectivity index (χ3v) is 6.46. The van der Waals surface area contributed by atoms with Crippen molar-refractivity contribution in [3.8, 4) is 0 Å². The van der Waals surface area contributed by atoms with E-state index in [9.17, 15) is 4.79 Å². The minimum atomic E-state index is -0.150. The zero-order valence-electron chi connectivity index (χ0n) is 13.4. The maximum atomic E-state index is 13.1. The second-order valence-electron chi connectivity index (χ2n) is 8.87. The monoisotopic (exact) mass is 317 g/mol. The van der Waals surface area contributed by atoms with Crippen LogP contribution in [-0.4, -0.2) is 5.91 Å². The van der Waals surface area contributed by atoms with Gasteiger partial charge in [0.25, 0.3) is 0 Å². The SMILES string of the molecule is C[C@@]12CC3CC(C(=O)Nc4ccc(Cl)cc4)(C1)C[C@@](C)(C3)C2. The molecule has 1 aromatic rings. The summed E-state index contributed by atoms with van der Waals surface area (Å²) in [6.45, 7) is 4.81. The smallest absolute Gasteiger partial charge is 0.230 e. The Morgan fingerprint density at radius 1 is 1.05 bits per heavy atom. The summed E-state index contributed by atoms with van der Waals surface area (Å²) in [6.07, 6.45) is 7.14. The van der Waals surface area contributed by atoms with Crippen LogP contribution in [0.3, 0.4) is 0 Å². The summed E-state index contributed by atoms with van der Waals surface area (Å²) in [5.41, 5.74) is 1.44. The van der Waals surface area contributed by atoms with Crippen LogP contribution in [0.5, 0.6) is 0 Å². The van der Waals surface area contributed by atoms with Gasteiger partial charge in [-0.25, -0.2) is 0 Å². The molecule has 0 unspecified atom stereocenters. The van der Waals surface area contributed by atoms with Crippen molar-refractivity contribution in [3.05, 3.63) is 29.3 Å². The predicted octanol–water partition coefficient (Wildman–Crippen LogP) is 5.28. The van der Waals surface area contributed by atoms with Gasteiger partial charge in [-0.15, -0.1) is 0 Å². The summed E-state index contributed by atoms with van der Waals surface area (Å²) in [7, 11) is 0. The lowest BCUT2D eigenvalue weighted by Crippen LogP contribution is -2.58. The number of amides is 1. The summed E-state index contributed by atoms with van der Waals surface area (Å²) < 4.78 is 0. The summed E-state index contributed by atoms with van der Waals surface area (Å²) in [6, 6.07) is 7.45. The first-order chi connectivity index (χ1) is 10.3. The fraction of sp³-hybridized carbons (Fsp3) is 0.632. The van der Waals surface area contributed by atoms with Gasteiger partial charge in [-0.05, 0) is 79.5 Å². The van der Waals surface area contributed by atoms with Crippen LogP contribution in [-0.2, 0) is 4.79 Å². The van der Waals surface area contributed by atoms with Gasteiger partial charge in [0, 0.05) is 10.7 Å². The number of rotatable bonds is 2. The molecule has 1 N–H and O–H groups in total. The van der Waals surface area contributed by atoms with Gasteiger partial charge in [0.2, 0.25) is 5.91 Å². The first kappa shape index (κ1) is 14.6.